The third-order valence-electron chi connectivity index (χ3n) is 2.04. The molecule has 8 heteroatoms. The minimum absolute atomic E-state index is 0.0667. The summed E-state index contributed by atoms with van der Waals surface area (Å²) in [4.78, 5) is -0.200. The molecular formula is C8H8O6S2. The van der Waals surface area contributed by atoms with E-state index >= 15 is 0 Å². The fraction of sp³-hybridized carbons (Fsp3) is 0.250. The zero-order valence-corrected chi connectivity index (χ0v) is 10.1. The Morgan fingerprint density at radius 3 is 2.25 bits per heavy atom. The second-order valence-electron chi connectivity index (χ2n) is 3.39. The predicted octanol–water partition coefficient (Wildman–Crippen LogP) is 0.415. The molecule has 0 saturated heterocycles. The van der Waals surface area contributed by atoms with Crippen LogP contribution in [0.3, 0.4) is 0 Å². The normalized spacial score (nSPS) is 17.4. The summed E-state index contributed by atoms with van der Waals surface area (Å²) in [6, 6.07) is 2.74. The molecular weight excluding hydrogens is 256 g/mol. The fourth-order valence-electron chi connectivity index (χ4n) is 1.34. The van der Waals surface area contributed by atoms with Crippen LogP contribution < -0.4 is 8.37 Å². The van der Waals surface area contributed by atoms with Gasteiger partial charge in [0, 0.05) is 6.26 Å². The Morgan fingerprint density at radius 1 is 1.12 bits per heavy atom. The quantitative estimate of drug-likeness (QED) is 0.730. The maximum Gasteiger partial charge on any atom is 0.501 e. The van der Waals surface area contributed by atoms with Gasteiger partial charge in [0.1, 0.15) is 4.90 Å². The lowest BCUT2D eigenvalue weighted by molar-refractivity contribution is 0.434. The largest absolute Gasteiger partial charge is 0.501 e. The van der Waals surface area contributed by atoms with Crippen LogP contribution in [0.4, 0.5) is 0 Å². The van der Waals surface area contributed by atoms with Crippen molar-refractivity contribution in [2.24, 2.45) is 0 Å². The van der Waals surface area contributed by atoms with Crippen LogP contribution in [0.1, 0.15) is 5.56 Å². The summed E-state index contributed by atoms with van der Waals surface area (Å²) in [6.07, 6.45) is 0.965. The first-order valence-corrected chi connectivity index (χ1v) is 7.41. The van der Waals surface area contributed by atoms with E-state index in [-0.39, 0.29) is 16.4 Å². The highest BCUT2D eigenvalue weighted by Gasteiger charge is 2.35. The standard InChI is InChI=1S/C8H8O6S2/c1-5-3-4-6(15(2,9)10)8-7(5)13-16(11,12)14-8/h3-4H,1-2H3. The van der Waals surface area contributed by atoms with Crippen LogP contribution in [-0.4, -0.2) is 23.1 Å². The fourth-order valence-corrected chi connectivity index (χ4v) is 2.99. The first kappa shape index (κ1) is 11.2. The molecule has 88 valence electrons. The van der Waals surface area contributed by atoms with Crippen molar-refractivity contribution in [3.05, 3.63) is 17.7 Å². The van der Waals surface area contributed by atoms with E-state index in [0.29, 0.717) is 5.56 Å². The SMILES string of the molecule is Cc1ccc(S(C)(=O)=O)c2c1OS(=O)(=O)O2. The maximum absolute atomic E-state index is 11.4. The molecule has 0 amide bonds. The van der Waals surface area contributed by atoms with E-state index < -0.39 is 20.2 Å². The lowest BCUT2D eigenvalue weighted by Gasteiger charge is -2.03. The average molecular weight is 264 g/mol. The lowest BCUT2D eigenvalue weighted by atomic mass is 10.2. The van der Waals surface area contributed by atoms with Crippen molar-refractivity contribution in [3.63, 3.8) is 0 Å². The molecule has 0 aromatic heterocycles. The van der Waals surface area contributed by atoms with E-state index in [1.165, 1.54) is 12.1 Å². The zero-order chi connectivity index (χ0) is 12.1. The van der Waals surface area contributed by atoms with E-state index in [1.807, 2.05) is 0 Å². The van der Waals surface area contributed by atoms with Gasteiger partial charge < -0.3 is 8.37 Å². The molecule has 0 atom stereocenters. The number of hydrogen-bond acceptors (Lipinski definition) is 6. The van der Waals surface area contributed by atoms with Gasteiger partial charge in [-0.25, -0.2) is 8.42 Å². The molecule has 16 heavy (non-hydrogen) atoms. The predicted molar refractivity (Wildman–Crippen MR) is 54.5 cm³/mol. The van der Waals surface area contributed by atoms with Gasteiger partial charge >= 0.3 is 10.4 Å². The van der Waals surface area contributed by atoms with Crippen molar-refractivity contribution >= 4 is 20.2 Å². The van der Waals surface area contributed by atoms with Crippen molar-refractivity contribution < 1.29 is 25.2 Å². The van der Waals surface area contributed by atoms with Crippen molar-refractivity contribution in [2.45, 2.75) is 11.8 Å². The van der Waals surface area contributed by atoms with Crippen molar-refractivity contribution in [1.82, 2.24) is 0 Å². The number of hydrogen-bond donors (Lipinski definition) is 0. The van der Waals surface area contributed by atoms with E-state index in [2.05, 4.69) is 8.37 Å². The second-order valence-corrected chi connectivity index (χ2v) is 6.52. The first-order chi connectivity index (χ1) is 7.21. The van der Waals surface area contributed by atoms with Crippen LogP contribution in [0, 0.1) is 6.92 Å². The minimum Gasteiger partial charge on any atom is -0.348 e. The highest BCUT2D eigenvalue weighted by Crippen LogP contribution is 2.43. The Morgan fingerprint density at radius 2 is 1.69 bits per heavy atom. The number of benzene rings is 1. The van der Waals surface area contributed by atoms with Crippen LogP contribution >= 0.6 is 0 Å². The highest BCUT2D eigenvalue weighted by atomic mass is 32.3. The molecule has 1 aromatic carbocycles. The molecule has 0 unspecified atom stereocenters. The van der Waals surface area contributed by atoms with Crippen LogP contribution in [0.5, 0.6) is 11.5 Å². The Balaban J connectivity index is 2.78. The van der Waals surface area contributed by atoms with Gasteiger partial charge in [-0.2, -0.15) is 0 Å². The first-order valence-electron chi connectivity index (χ1n) is 4.18. The van der Waals surface area contributed by atoms with Crippen molar-refractivity contribution in [1.29, 1.82) is 0 Å². The van der Waals surface area contributed by atoms with Crippen molar-refractivity contribution in [2.75, 3.05) is 6.26 Å². The summed E-state index contributed by atoms with van der Waals surface area (Å²) in [5.74, 6) is -0.328. The van der Waals surface area contributed by atoms with Gasteiger partial charge in [0.15, 0.2) is 15.6 Å². The Kier molecular flexibility index (Phi) is 2.18. The summed E-state index contributed by atoms with van der Waals surface area (Å²) in [6.45, 7) is 1.59. The molecule has 0 bridgehead atoms. The number of aryl methyl sites for hydroxylation is 1. The number of sulfone groups is 1. The lowest BCUT2D eigenvalue weighted by Crippen LogP contribution is -2.09. The molecule has 0 saturated carbocycles. The van der Waals surface area contributed by atoms with Crippen LogP contribution in [0.15, 0.2) is 17.0 Å². The zero-order valence-electron chi connectivity index (χ0n) is 8.42. The summed E-state index contributed by atoms with van der Waals surface area (Å²) >= 11 is 0. The van der Waals surface area contributed by atoms with Crippen LogP contribution in [0.25, 0.3) is 0 Å². The molecule has 1 aliphatic rings. The number of rotatable bonds is 1. The second kappa shape index (κ2) is 3.11. The maximum atomic E-state index is 11.4. The monoisotopic (exact) mass is 264 g/mol. The molecule has 0 radical (unpaired) electrons. The van der Waals surface area contributed by atoms with E-state index in [1.54, 1.807) is 6.92 Å². The topological polar surface area (TPSA) is 86.7 Å². The molecule has 0 fully saturated rings. The average Bonchev–Trinajstić information content (AvgIpc) is 2.39. The summed E-state index contributed by atoms with van der Waals surface area (Å²) in [5.41, 5.74) is 0.489. The molecule has 1 aromatic rings. The van der Waals surface area contributed by atoms with Gasteiger partial charge in [0.25, 0.3) is 0 Å². The molecule has 0 aliphatic carbocycles. The Hall–Kier alpha value is -1.28. The van der Waals surface area contributed by atoms with Crippen LogP contribution in [0.2, 0.25) is 0 Å². The van der Waals surface area contributed by atoms with Gasteiger partial charge in [-0.15, -0.1) is 8.42 Å². The van der Waals surface area contributed by atoms with E-state index in [0.717, 1.165) is 6.26 Å². The summed E-state index contributed by atoms with van der Waals surface area (Å²) in [7, 11) is -7.74. The highest BCUT2D eigenvalue weighted by molar-refractivity contribution is 7.91. The van der Waals surface area contributed by atoms with Gasteiger partial charge in [0.05, 0.1) is 0 Å². The third-order valence-corrected chi connectivity index (χ3v) is 3.91. The Bertz CT molecular complexity index is 656. The number of fused-ring (bicyclic) bond motifs is 1. The smallest absolute Gasteiger partial charge is 0.348 e. The van der Waals surface area contributed by atoms with Gasteiger partial charge in [-0.3, -0.25) is 0 Å². The van der Waals surface area contributed by atoms with E-state index in [9.17, 15) is 16.8 Å². The molecule has 0 N–H and O–H groups in total. The van der Waals surface area contributed by atoms with Gasteiger partial charge in [-0.1, -0.05) is 6.07 Å². The minimum atomic E-state index is -4.18. The summed E-state index contributed by atoms with van der Waals surface area (Å²) < 4.78 is 54.0. The van der Waals surface area contributed by atoms with E-state index in [4.69, 9.17) is 0 Å². The van der Waals surface area contributed by atoms with Crippen LogP contribution in [-0.2, 0) is 20.2 Å². The molecule has 1 aliphatic heterocycles. The molecule has 1 heterocycles. The molecule has 2 rings (SSSR count). The summed E-state index contributed by atoms with van der Waals surface area (Å²) in [5, 5.41) is 0. The van der Waals surface area contributed by atoms with Gasteiger partial charge in [0.2, 0.25) is 5.75 Å². The Labute approximate surface area is 93.1 Å². The third kappa shape index (κ3) is 1.74. The van der Waals surface area contributed by atoms with Crippen molar-refractivity contribution in [3.8, 4) is 11.5 Å². The molecule has 6 nitrogen and oxygen atoms in total. The molecule has 0 spiro atoms. The van der Waals surface area contributed by atoms with Gasteiger partial charge in [-0.05, 0) is 18.6 Å².